The lowest BCUT2D eigenvalue weighted by atomic mass is 9.76. The van der Waals surface area contributed by atoms with Crippen LogP contribution in [0.1, 0.15) is 39.0 Å². The highest BCUT2D eigenvalue weighted by molar-refractivity contribution is 5.79. The van der Waals surface area contributed by atoms with Crippen LogP contribution in [0.2, 0.25) is 0 Å². The van der Waals surface area contributed by atoms with Crippen LogP contribution >= 0.6 is 0 Å². The molecule has 0 radical (unpaired) electrons. The average molecular weight is 228 g/mol. The zero-order chi connectivity index (χ0) is 12.0. The fraction of sp³-hybridized carbons (Fsp3) is 0.917. The molecule has 0 saturated heterocycles. The van der Waals surface area contributed by atoms with Crippen molar-refractivity contribution in [3.05, 3.63) is 0 Å². The van der Waals surface area contributed by atoms with E-state index in [9.17, 15) is 9.90 Å². The van der Waals surface area contributed by atoms with Gasteiger partial charge in [-0.05, 0) is 45.3 Å². The number of hydrogen-bond acceptors (Lipinski definition) is 3. The van der Waals surface area contributed by atoms with E-state index in [2.05, 4.69) is 17.6 Å². The Labute approximate surface area is 97.8 Å². The predicted octanol–water partition coefficient (Wildman–Crippen LogP) is 1.22. The van der Waals surface area contributed by atoms with Gasteiger partial charge in [-0.15, -0.1) is 0 Å². The number of carboxylic acids is 1. The molecular formula is C12H24N2O2. The first-order valence-electron chi connectivity index (χ1n) is 6.24. The fourth-order valence-electron chi connectivity index (χ4n) is 2.57. The van der Waals surface area contributed by atoms with E-state index in [-0.39, 0.29) is 0 Å². The van der Waals surface area contributed by atoms with Gasteiger partial charge in [-0.25, -0.2) is 0 Å². The number of rotatable bonds is 6. The van der Waals surface area contributed by atoms with Gasteiger partial charge in [0.25, 0.3) is 0 Å². The van der Waals surface area contributed by atoms with Gasteiger partial charge in [0.1, 0.15) is 5.54 Å². The van der Waals surface area contributed by atoms with E-state index in [1.54, 1.807) is 0 Å². The summed E-state index contributed by atoms with van der Waals surface area (Å²) in [6.45, 7) is 3.85. The average Bonchev–Trinajstić information content (AvgIpc) is 2.24. The van der Waals surface area contributed by atoms with E-state index in [4.69, 9.17) is 0 Å². The highest BCUT2D eigenvalue weighted by Gasteiger charge is 2.41. The van der Waals surface area contributed by atoms with Crippen LogP contribution in [-0.4, -0.2) is 36.8 Å². The summed E-state index contributed by atoms with van der Waals surface area (Å²) in [7, 11) is 1.91. The van der Waals surface area contributed by atoms with Crippen LogP contribution in [0.4, 0.5) is 0 Å². The number of nitrogens with one attached hydrogen (secondary N) is 2. The fourth-order valence-corrected chi connectivity index (χ4v) is 2.57. The molecule has 4 nitrogen and oxygen atoms in total. The van der Waals surface area contributed by atoms with Gasteiger partial charge in [0.15, 0.2) is 0 Å². The van der Waals surface area contributed by atoms with Gasteiger partial charge < -0.3 is 15.7 Å². The number of carbonyl (C=O) groups is 1. The number of aliphatic carboxylic acids is 1. The van der Waals surface area contributed by atoms with E-state index in [1.165, 1.54) is 0 Å². The van der Waals surface area contributed by atoms with Gasteiger partial charge in [0, 0.05) is 0 Å². The third kappa shape index (κ3) is 3.46. The van der Waals surface area contributed by atoms with E-state index in [1.807, 2.05) is 7.05 Å². The van der Waals surface area contributed by atoms with Crippen molar-refractivity contribution in [2.45, 2.75) is 44.6 Å². The maximum atomic E-state index is 11.4. The summed E-state index contributed by atoms with van der Waals surface area (Å²) in [5.41, 5.74) is -0.661. The quantitative estimate of drug-likeness (QED) is 0.598. The van der Waals surface area contributed by atoms with E-state index < -0.39 is 11.5 Å². The Bertz CT molecular complexity index is 233. The summed E-state index contributed by atoms with van der Waals surface area (Å²) in [5.74, 6) is -0.162. The molecule has 16 heavy (non-hydrogen) atoms. The van der Waals surface area contributed by atoms with Crippen LogP contribution in [-0.2, 0) is 4.79 Å². The Morgan fingerprint density at radius 1 is 1.50 bits per heavy atom. The summed E-state index contributed by atoms with van der Waals surface area (Å²) in [6.07, 6.45) is 4.69. The molecular weight excluding hydrogens is 204 g/mol. The first kappa shape index (κ1) is 13.5. The van der Waals surface area contributed by atoms with Crippen LogP contribution in [0.15, 0.2) is 0 Å². The van der Waals surface area contributed by atoms with Crippen molar-refractivity contribution in [2.24, 2.45) is 5.92 Å². The van der Waals surface area contributed by atoms with Crippen molar-refractivity contribution in [1.82, 2.24) is 10.6 Å². The van der Waals surface area contributed by atoms with Crippen molar-refractivity contribution in [1.29, 1.82) is 0 Å². The molecule has 2 unspecified atom stereocenters. The SMILES string of the molecule is CNCCCNC1(C(=O)O)CCCC(C)C1. The van der Waals surface area contributed by atoms with Crippen molar-refractivity contribution in [3.8, 4) is 0 Å². The van der Waals surface area contributed by atoms with Crippen LogP contribution in [0.3, 0.4) is 0 Å². The lowest BCUT2D eigenvalue weighted by Gasteiger charge is -2.37. The zero-order valence-electron chi connectivity index (χ0n) is 10.4. The van der Waals surface area contributed by atoms with Crippen molar-refractivity contribution in [3.63, 3.8) is 0 Å². The van der Waals surface area contributed by atoms with E-state index in [0.717, 1.165) is 45.2 Å². The minimum atomic E-state index is -0.677. The van der Waals surface area contributed by atoms with E-state index in [0.29, 0.717) is 5.92 Å². The molecule has 2 atom stereocenters. The predicted molar refractivity (Wildman–Crippen MR) is 64.5 cm³/mol. The van der Waals surface area contributed by atoms with Crippen LogP contribution in [0, 0.1) is 5.92 Å². The molecule has 1 aliphatic rings. The molecule has 0 aliphatic heterocycles. The molecule has 1 aliphatic carbocycles. The largest absolute Gasteiger partial charge is 0.480 e. The first-order valence-corrected chi connectivity index (χ1v) is 6.24. The summed E-state index contributed by atoms with van der Waals surface area (Å²) < 4.78 is 0. The minimum Gasteiger partial charge on any atom is -0.480 e. The van der Waals surface area contributed by atoms with Crippen molar-refractivity contribution >= 4 is 5.97 Å². The van der Waals surface area contributed by atoms with Gasteiger partial charge in [-0.3, -0.25) is 4.79 Å². The molecule has 4 heteroatoms. The monoisotopic (exact) mass is 228 g/mol. The topological polar surface area (TPSA) is 61.4 Å². The zero-order valence-corrected chi connectivity index (χ0v) is 10.4. The Morgan fingerprint density at radius 2 is 2.25 bits per heavy atom. The first-order chi connectivity index (χ1) is 7.60. The molecule has 0 spiro atoms. The molecule has 0 amide bonds. The number of hydrogen-bond donors (Lipinski definition) is 3. The third-order valence-corrected chi connectivity index (χ3v) is 3.47. The maximum Gasteiger partial charge on any atom is 0.323 e. The Balaban J connectivity index is 2.48. The Hall–Kier alpha value is -0.610. The van der Waals surface area contributed by atoms with Crippen LogP contribution < -0.4 is 10.6 Å². The highest BCUT2D eigenvalue weighted by atomic mass is 16.4. The molecule has 0 bridgehead atoms. The molecule has 0 aromatic carbocycles. The lowest BCUT2D eigenvalue weighted by molar-refractivity contribution is -0.147. The third-order valence-electron chi connectivity index (χ3n) is 3.47. The number of carboxylic acid groups (broad SMARTS) is 1. The second kappa shape index (κ2) is 6.21. The Kier molecular flexibility index (Phi) is 5.22. The second-order valence-corrected chi connectivity index (χ2v) is 4.97. The summed E-state index contributed by atoms with van der Waals surface area (Å²) in [6, 6.07) is 0. The van der Waals surface area contributed by atoms with Gasteiger partial charge in [-0.1, -0.05) is 19.8 Å². The van der Waals surface area contributed by atoms with Crippen LogP contribution in [0.25, 0.3) is 0 Å². The standard InChI is InChI=1S/C12H24N2O2/c1-10-5-3-6-12(9-10,11(15)16)14-8-4-7-13-2/h10,13-14H,3-9H2,1-2H3,(H,15,16). The lowest BCUT2D eigenvalue weighted by Crippen LogP contribution is -2.55. The maximum absolute atomic E-state index is 11.4. The van der Waals surface area contributed by atoms with Gasteiger partial charge in [0.2, 0.25) is 0 Å². The van der Waals surface area contributed by atoms with Crippen molar-refractivity contribution in [2.75, 3.05) is 20.1 Å². The molecule has 0 heterocycles. The summed E-state index contributed by atoms with van der Waals surface area (Å²) in [5, 5.41) is 15.7. The minimum absolute atomic E-state index is 0.515. The summed E-state index contributed by atoms with van der Waals surface area (Å²) in [4.78, 5) is 11.4. The van der Waals surface area contributed by atoms with Gasteiger partial charge in [-0.2, -0.15) is 0 Å². The van der Waals surface area contributed by atoms with Gasteiger partial charge >= 0.3 is 5.97 Å². The molecule has 94 valence electrons. The van der Waals surface area contributed by atoms with Crippen molar-refractivity contribution < 1.29 is 9.90 Å². The summed E-state index contributed by atoms with van der Waals surface area (Å²) >= 11 is 0. The molecule has 1 saturated carbocycles. The smallest absolute Gasteiger partial charge is 0.323 e. The molecule has 3 N–H and O–H groups in total. The van der Waals surface area contributed by atoms with E-state index >= 15 is 0 Å². The van der Waals surface area contributed by atoms with Gasteiger partial charge in [0.05, 0.1) is 0 Å². The molecule has 0 aromatic heterocycles. The highest BCUT2D eigenvalue weighted by Crippen LogP contribution is 2.32. The normalized spacial score (nSPS) is 30.2. The van der Waals surface area contributed by atoms with Crippen LogP contribution in [0.5, 0.6) is 0 Å². The molecule has 1 rings (SSSR count). The molecule has 1 fully saturated rings. The second-order valence-electron chi connectivity index (χ2n) is 4.97. The Morgan fingerprint density at radius 3 is 2.81 bits per heavy atom. The molecule has 0 aromatic rings.